The van der Waals surface area contributed by atoms with E-state index in [0.717, 1.165) is 6.07 Å². The smallest absolute Gasteiger partial charge is 0.348 e. The Morgan fingerprint density at radius 3 is 2.50 bits per heavy atom. The number of halogens is 2. The van der Waals surface area contributed by atoms with Gasteiger partial charge in [-0.3, -0.25) is 4.79 Å². The largest absolute Gasteiger partial charge is 0.479 e. The van der Waals surface area contributed by atoms with Crippen LogP contribution >= 0.6 is 11.6 Å². The van der Waals surface area contributed by atoms with Crippen LogP contribution in [0.1, 0.15) is 20.3 Å². The molecule has 7 heteroatoms. The van der Waals surface area contributed by atoms with E-state index in [1.165, 1.54) is 19.1 Å². The standard InChI is InChI=1S/C19H19ClFNO4/c1-3-17(26-14-7-5-4-6-8-14)19(24)25-12(2)18(23)22-16-10-9-13(20)11-15(16)21/h4-12,17H,3H2,1-2H3,(H,22,23)/t12-,17+/m0/s1. The van der Waals surface area contributed by atoms with Gasteiger partial charge in [0.15, 0.2) is 12.2 Å². The molecule has 0 spiro atoms. The average Bonchev–Trinajstić information content (AvgIpc) is 2.62. The van der Waals surface area contributed by atoms with Crippen LogP contribution in [0.25, 0.3) is 0 Å². The number of hydrogen-bond acceptors (Lipinski definition) is 4. The first-order valence-electron chi connectivity index (χ1n) is 8.08. The molecule has 0 aliphatic rings. The molecule has 0 aliphatic heterocycles. The van der Waals surface area contributed by atoms with Crippen molar-refractivity contribution in [3.63, 3.8) is 0 Å². The van der Waals surface area contributed by atoms with Crippen molar-refractivity contribution < 1.29 is 23.5 Å². The van der Waals surface area contributed by atoms with E-state index >= 15 is 0 Å². The van der Waals surface area contributed by atoms with E-state index in [2.05, 4.69) is 5.32 Å². The van der Waals surface area contributed by atoms with Crippen LogP contribution in [0.3, 0.4) is 0 Å². The molecule has 2 aromatic rings. The first-order chi connectivity index (χ1) is 12.4. The molecule has 0 saturated heterocycles. The number of anilines is 1. The fraction of sp³-hybridized carbons (Fsp3) is 0.263. The number of esters is 1. The number of para-hydroxylation sites is 1. The maximum Gasteiger partial charge on any atom is 0.348 e. The van der Waals surface area contributed by atoms with E-state index in [1.807, 2.05) is 6.07 Å². The summed E-state index contributed by atoms with van der Waals surface area (Å²) in [4.78, 5) is 24.4. The molecule has 0 radical (unpaired) electrons. The monoisotopic (exact) mass is 379 g/mol. The molecular formula is C19H19ClFNO4. The molecule has 0 aromatic heterocycles. The lowest BCUT2D eigenvalue weighted by molar-refractivity contribution is -0.160. The third kappa shape index (κ3) is 5.46. The number of nitrogens with one attached hydrogen (secondary N) is 1. The van der Waals surface area contributed by atoms with Crippen molar-refractivity contribution in [2.45, 2.75) is 32.5 Å². The van der Waals surface area contributed by atoms with Crippen molar-refractivity contribution in [3.05, 3.63) is 59.4 Å². The van der Waals surface area contributed by atoms with Gasteiger partial charge in [-0.05, 0) is 43.7 Å². The lowest BCUT2D eigenvalue weighted by atomic mass is 10.2. The van der Waals surface area contributed by atoms with Crippen LogP contribution in [-0.4, -0.2) is 24.1 Å². The minimum absolute atomic E-state index is 0.0464. The highest BCUT2D eigenvalue weighted by molar-refractivity contribution is 6.30. The topological polar surface area (TPSA) is 64.6 Å². The molecule has 2 atom stereocenters. The number of amides is 1. The van der Waals surface area contributed by atoms with E-state index in [-0.39, 0.29) is 10.7 Å². The summed E-state index contributed by atoms with van der Waals surface area (Å²) in [5, 5.41) is 2.57. The molecule has 1 amide bonds. The Hall–Kier alpha value is -2.60. The normalized spacial score (nSPS) is 12.8. The highest BCUT2D eigenvalue weighted by Crippen LogP contribution is 2.19. The molecule has 0 unspecified atom stereocenters. The molecule has 138 valence electrons. The van der Waals surface area contributed by atoms with E-state index in [1.54, 1.807) is 31.2 Å². The highest BCUT2D eigenvalue weighted by Gasteiger charge is 2.25. The van der Waals surface area contributed by atoms with Crippen molar-refractivity contribution in [1.82, 2.24) is 0 Å². The van der Waals surface area contributed by atoms with Crippen molar-refractivity contribution in [1.29, 1.82) is 0 Å². The van der Waals surface area contributed by atoms with Crippen LogP contribution in [0.15, 0.2) is 48.5 Å². The number of hydrogen-bond donors (Lipinski definition) is 1. The first kappa shape index (κ1) is 19.7. The third-order valence-corrected chi connectivity index (χ3v) is 3.74. The molecule has 0 fully saturated rings. The van der Waals surface area contributed by atoms with Gasteiger partial charge in [0, 0.05) is 5.02 Å². The molecule has 5 nitrogen and oxygen atoms in total. The third-order valence-electron chi connectivity index (χ3n) is 3.51. The minimum atomic E-state index is -1.12. The molecule has 2 rings (SSSR count). The van der Waals surface area contributed by atoms with Gasteiger partial charge in [-0.2, -0.15) is 0 Å². The summed E-state index contributed by atoms with van der Waals surface area (Å²) in [5.41, 5.74) is -0.0464. The fourth-order valence-electron chi connectivity index (χ4n) is 2.09. The summed E-state index contributed by atoms with van der Waals surface area (Å²) >= 11 is 5.67. The highest BCUT2D eigenvalue weighted by atomic mass is 35.5. The quantitative estimate of drug-likeness (QED) is 0.732. The van der Waals surface area contributed by atoms with Crippen molar-refractivity contribution in [2.24, 2.45) is 0 Å². The zero-order valence-electron chi connectivity index (χ0n) is 14.4. The summed E-state index contributed by atoms with van der Waals surface area (Å²) in [7, 11) is 0. The Bertz CT molecular complexity index is 769. The van der Waals surface area contributed by atoms with Gasteiger partial charge >= 0.3 is 5.97 Å². The van der Waals surface area contributed by atoms with Gasteiger partial charge in [0.2, 0.25) is 0 Å². The van der Waals surface area contributed by atoms with Crippen LogP contribution in [0.2, 0.25) is 5.02 Å². The summed E-state index contributed by atoms with van der Waals surface area (Å²) in [6.45, 7) is 3.17. The van der Waals surface area contributed by atoms with E-state index in [4.69, 9.17) is 21.1 Å². The summed E-state index contributed by atoms with van der Waals surface area (Å²) in [6, 6.07) is 12.7. The van der Waals surface area contributed by atoms with Gasteiger partial charge in [-0.25, -0.2) is 9.18 Å². The van der Waals surface area contributed by atoms with Crippen molar-refractivity contribution >= 4 is 29.2 Å². The van der Waals surface area contributed by atoms with Crippen LogP contribution in [0, 0.1) is 5.82 Å². The second-order valence-corrected chi connectivity index (χ2v) is 5.96. The van der Waals surface area contributed by atoms with Crippen molar-refractivity contribution in [3.8, 4) is 5.75 Å². The number of carbonyl (C=O) groups excluding carboxylic acids is 2. The molecule has 0 bridgehead atoms. The molecule has 1 N–H and O–H groups in total. The molecule has 2 aromatic carbocycles. The molecule has 0 heterocycles. The summed E-state index contributed by atoms with van der Waals surface area (Å²) < 4.78 is 24.5. The zero-order valence-corrected chi connectivity index (χ0v) is 15.1. The molecular weight excluding hydrogens is 361 g/mol. The molecule has 0 aliphatic carbocycles. The Labute approximate surface area is 156 Å². The second-order valence-electron chi connectivity index (χ2n) is 5.52. The SMILES string of the molecule is CC[C@@H](Oc1ccccc1)C(=O)O[C@@H](C)C(=O)Nc1ccc(Cl)cc1F. The first-order valence-corrected chi connectivity index (χ1v) is 8.46. The van der Waals surface area contributed by atoms with Gasteiger partial charge < -0.3 is 14.8 Å². The van der Waals surface area contributed by atoms with Crippen molar-refractivity contribution in [2.75, 3.05) is 5.32 Å². The van der Waals surface area contributed by atoms with Gasteiger partial charge in [-0.1, -0.05) is 36.7 Å². The predicted molar refractivity (Wildman–Crippen MR) is 96.7 cm³/mol. The van der Waals surface area contributed by atoms with E-state index in [9.17, 15) is 14.0 Å². The predicted octanol–water partition coefficient (Wildman–Crippen LogP) is 4.21. The van der Waals surface area contributed by atoms with Crippen LogP contribution < -0.4 is 10.1 Å². The van der Waals surface area contributed by atoms with Gasteiger partial charge in [0.1, 0.15) is 11.6 Å². The van der Waals surface area contributed by atoms with Crippen LogP contribution in [0.5, 0.6) is 5.75 Å². The minimum Gasteiger partial charge on any atom is -0.479 e. The lowest BCUT2D eigenvalue weighted by Crippen LogP contribution is -2.36. The Morgan fingerprint density at radius 1 is 1.19 bits per heavy atom. The van der Waals surface area contributed by atoms with Gasteiger partial charge in [0.05, 0.1) is 5.69 Å². The molecule has 26 heavy (non-hydrogen) atoms. The van der Waals surface area contributed by atoms with Crippen LogP contribution in [-0.2, 0) is 14.3 Å². The Balaban J connectivity index is 1.94. The average molecular weight is 380 g/mol. The zero-order chi connectivity index (χ0) is 19.1. The summed E-state index contributed by atoms with van der Waals surface area (Å²) in [5.74, 6) is -1.48. The van der Waals surface area contributed by atoms with E-state index in [0.29, 0.717) is 12.2 Å². The summed E-state index contributed by atoms with van der Waals surface area (Å²) in [6.07, 6.45) is -1.60. The Kier molecular flexibility index (Phi) is 6.97. The number of benzene rings is 2. The van der Waals surface area contributed by atoms with Gasteiger partial charge in [0.25, 0.3) is 5.91 Å². The van der Waals surface area contributed by atoms with Crippen LogP contribution in [0.4, 0.5) is 10.1 Å². The molecule has 0 saturated carbocycles. The number of ether oxygens (including phenoxy) is 2. The fourth-order valence-corrected chi connectivity index (χ4v) is 2.25. The second kappa shape index (κ2) is 9.20. The maximum absolute atomic E-state index is 13.7. The van der Waals surface area contributed by atoms with Gasteiger partial charge in [-0.15, -0.1) is 0 Å². The number of carbonyl (C=O) groups is 2. The van der Waals surface area contributed by atoms with E-state index < -0.39 is 29.9 Å². The lowest BCUT2D eigenvalue weighted by Gasteiger charge is -2.19. The number of rotatable bonds is 7. The Morgan fingerprint density at radius 2 is 1.88 bits per heavy atom. The maximum atomic E-state index is 13.7.